The van der Waals surface area contributed by atoms with Crippen LogP contribution in [0.15, 0.2) is 206 Å². The first-order chi connectivity index (χ1) is 63.2. The van der Waals surface area contributed by atoms with E-state index in [1.807, 2.05) is 0 Å². The fourth-order valence-corrected chi connectivity index (χ4v) is 21.9. The van der Waals surface area contributed by atoms with Crippen LogP contribution >= 0.6 is 23.2 Å². The molecule has 4 atom stereocenters. The third-order valence-electron chi connectivity index (χ3n) is 29.1. The van der Waals surface area contributed by atoms with Gasteiger partial charge >= 0.3 is 0 Å². The summed E-state index contributed by atoms with van der Waals surface area (Å²) in [6.07, 6.45) is 84.9. The Labute approximate surface area is 797 Å². The van der Waals surface area contributed by atoms with Crippen molar-refractivity contribution in [3.05, 3.63) is 227 Å². The van der Waals surface area contributed by atoms with Crippen molar-refractivity contribution in [1.29, 1.82) is 0 Å². The zero-order valence-corrected chi connectivity index (χ0v) is 84.0. The molecule has 0 aliphatic rings. The highest BCUT2D eigenvalue weighted by Crippen LogP contribution is 2.58. The van der Waals surface area contributed by atoms with Crippen molar-refractivity contribution in [3.63, 3.8) is 0 Å². The van der Waals surface area contributed by atoms with Gasteiger partial charge in [0.2, 0.25) is 0 Å². The Kier molecular flexibility index (Phi) is 54.3. The summed E-state index contributed by atoms with van der Waals surface area (Å²) in [5.41, 5.74) is 22.7. The molecule has 698 valence electrons. The van der Waals surface area contributed by atoms with E-state index in [-0.39, 0.29) is 0 Å². The summed E-state index contributed by atoms with van der Waals surface area (Å²) in [5.74, 6) is 3.08. The molecule has 0 saturated carbocycles. The third kappa shape index (κ3) is 39.0. The van der Waals surface area contributed by atoms with Gasteiger partial charge in [0.05, 0.1) is 0 Å². The van der Waals surface area contributed by atoms with E-state index in [0.29, 0.717) is 0 Å². The van der Waals surface area contributed by atoms with Crippen molar-refractivity contribution in [3.8, 4) is 89.0 Å². The van der Waals surface area contributed by atoms with E-state index in [9.17, 15) is 0 Å². The van der Waals surface area contributed by atoms with Gasteiger partial charge in [0.1, 0.15) is 0 Å². The van der Waals surface area contributed by atoms with Gasteiger partial charge in [0.15, 0.2) is 0 Å². The number of aryl methyl sites for hydroxylation is 2. The highest BCUT2D eigenvalue weighted by atomic mass is 35.5. The highest BCUT2D eigenvalue weighted by Gasteiger charge is 2.32. The van der Waals surface area contributed by atoms with Crippen LogP contribution in [0.25, 0.3) is 89.0 Å². The van der Waals surface area contributed by atoms with Gasteiger partial charge in [-0.05, 0) is 199 Å². The van der Waals surface area contributed by atoms with E-state index in [2.05, 4.69) is 248 Å². The minimum atomic E-state index is 0.726. The van der Waals surface area contributed by atoms with Crippen molar-refractivity contribution in [2.75, 3.05) is 0 Å². The average molecular weight is 1770 g/mol. The summed E-state index contributed by atoms with van der Waals surface area (Å²) < 4.78 is 0. The molecule has 128 heavy (non-hydrogen) atoms. The molecule has 0 aromatic heterocycles. The predicted molar refractivity (Wildman–Crippen MR) is 572 cm³/mol. The van der Waals surface area contributed by atoms with Gasteiger partial charge in [0, 0.05) is 10.0 Å². The Morgan fingerprint density at radius 1 is 0.172 bits per heavy atom. The van der Waals surface area contributed by atoms with Crippen LogP contribution in [0.2, 0.25) is 10.0 Å². The Balaban J connectivity index is 1.21. The number of hydrogen-bond acceptors (Lipinski definition) is 0. The summed E-state index contributed by atoms with van der Waals surface area (Å²) in [6.45, 7) is 14.1. The Hall–Kier alpha value is -6.44. The second-order valence-electron chi connectivity index (χ2n) is 39.8. The number of hydrogen-bond donors (Lipinski definition) is 0. The second kappa shape index (κ2) is 66.0. The molecule has 0 amide bonds. The zero-order chi connectivity index (χ0) is 89.7. The van der Waals surface area contributed by atoms with Crippen LogP contribution < -0.4 is 0 Å². The van der Waals surface area contributed by atoms with E-state index in [1.54, 1.807) is 0 Å². The number of unbranched alkanes of at least 4 members (excludes halogenated alkanes) is 42. The first-order valence-electron chi connectivity index (χ1n) is 54.5. The molecule has 9 aromatic rings. The molecule has 0 N–H and O–H groups in total. The van der Waals surface area contributed by atoms with Crippen LogP contribution in [0.1, 0.15) is 438 Å². The Morgan fingerprint density at radius 2 is 0.383 bits per heavy atom. The first-order valence-corrected chi connectivity index (χ1v) is 55.2. The van der Waals surface area contributed by atoms with Crippen molar-refractivity contribution in [1.82, 2.24) is 0 Å². The molecule has 9 aromatic carbocycles. The summed E-state index contributed by atoms with van der Waals surface area (Å²) in [5, 5.41) is 1.47. The quantitative estimate of drug-likeness (QED) is 0.0333. The van der Waals surface area contributed by atoms with E-state index >= 15 is 0 Å². The smallest absolute Gasteiger partial charge is 0.0406 e. The Bertz CT molecular complexity index is 4000. The van der Waals surface area contributed by atoms with Crippen LogP contribution in [0, 0.1) is 23.7 Å². The molecule has 2 heteroatoms. The van der Waals surface area contributed by atoms with Crippen LogP contribution in [0.3, 0.4) is 0 Å². The number of benzene rings is 9. The normalized spacial score (nSPS) is 12.6. The summed E-state index contributed by atoms with van der Waals surface area (Å²) in [7, 11) is 0. The van der Waals surface area contributed by atoms with Gasteiger partial charge in [-0.1, -0.05) is 594 Å². The molecule has 0 radical (unpaired) electrons. The highest BCUT2D eigenvalue weighted by molar-refractivity contribution is 6.31. The molecule has 0 heterocycles. The maximum Gasteiger partial charge on any atom is 0.0406 e. The van der Waals surface area contributed by atoms with E-state index in [0.717, 1.165) is 57.7 Å². The van der Waals surface area contributed by atoms with Crippen molar-refractivity contribution in [2.24, 2.45) is 23.7 Å². The van der Waals surface area contributed by atoms with Crippen LogP contribution in [-0.2, 0) is 12.8 Å². The second-order valence-corrected chi connectivity index (χ2v) is 40.6. The van der Waals surface area contributed by atoms with Gasteiger partial charge in [-0.2, -0.15) is 0 Å². The SMILES string of the molecule is CCCCCCCCCCCCC(CCCCCCCCCC)CC(CCCCCCCC)CCCc1ccccc1-c1c(-c2cccc(-c3ccccc3)c2)c(-c2ccc(Cl)cc2)c(-c2ccc(Cl)cc2)c(-c2cccc(-c3ccccc3)c2)c1-c1ccccc1CCCC(CCCCCCCC)CC(CCCCCCCCCC)CCCCCCCCCCCC. The lowest BCUT2D eigenvalue weighted by molar-refractivity contribution is 0.284. The van der Waals surface area contributed by atoms with E-state index in [1.165, 1.54) is 474 Å². The topological polar surface area (TPSA) is 0 Å². The fraction of sp³-hybridized carbons (Fsp3) is 0.571. The summed E-state index contributed by atoms with van der Waals surface area (Å²) in [6, 6.07) is 79.2. The maximum absolute atomic E-state index is 7.17. The average Bonchev–Trinajstić information content (AvgIpc) is 0.709. The third-order valence-corrected chi connectivity index (χ3v) is 29.6. The zero-order valence-electron chi connectivity index (χ0n) is 82.5. The molecule has 0 saturated heterocycles. The van der Waals surface area contributed by atoms with Gasteiger partial charge in [-0.15, -0.1) is 0 Å². The van der Waals surface area contributed by atoms with Gasteiger partial charge in [0.25, 0.3) is 0 Å². The largest absolute Gasteiger partial charge is 0.0843 e. The number of halogens is 2. The number of rotatable bonds is 74. The van der Waals surface area contributed by atoms with E-state index in [4.69, 9.17) is 23.2 Å². The fourth-order valence-electron chi connectivity index (χ4n) is 21.6. The van der Waals surface area contributed by atoms with Gasteiger partial charge in [-0.25, -0.2) is 0 Å². The molecule has 0 fully saturated rings. The summed E-state index contributed by atoms with van der Waals surface area (Å²) in [4.78, 5) is 0. The predicted octanol–water partition coefficient (Wildman–Crippen LogP) is 43.4. The monoisotopic (exact) mass is 1760 g/mol. The van der Waals surface area contributed by atoms with Gasteiger partial charge in [-0.3, -0.25) is 0 Å². The Morgan fingerprint density at radius 3 is 0.648 bits per heavy atom. The first kappa shape index (κ1) is 105. The lowest BCUT2D eigenvalue weighted by atomic mass is 9.72. The lowest BCUT2D eigenvalue weighted by Gasteiger charge is -2.31. The minimum absolute atomic E-state index is 0.726. The van der Waals surface area contributed by atoms with Crippen LogP contribution in [-0.4, -0.2) is 0 Å². The van der Waals surface area contributed by atoms with Gasteiger partial charge < -0.3 is 0 Å². The maximum atomic E-state index is 7.17. The van der Waals surface area contributed by atoms with Crippen LogP contribution in [0.4, 0.5) is 0 Å². The van der Waals surface area contributed by atoms with Crippen molar-refractivity contribution >= 4 is 23.2 Å². The minimum Gasteiger partial charge on any atom is -0.0843 e. The van der Waals surface area contributed by atoms with Crippen LogP contribution in [0.5, 0.6) is 0 Å². The van der Waals surface area contributed by atoms with E-state index < -0.39 is 0 Å². The molecule has 9 rings (SSSR count). The molecule has 0 aliphatic heterocycles. The lowest BCUT2D eigenvalue weighted by Crippen LogP contribution is -2.11. The standard InChI is InChI=1S/C126H180Cl2/c1-7-13-19-25-31-35-37-41-47-55-71-103(69-53-45-39-33-27-21-15-9-3)99-105(73-51-43-29-23-17-11-5)75-65-83-109-81-61-63-89-119(109)125-123(115-87-67-85-113(101-115)107-77-57-49-58-78-107)121(111-91-95-117(127)96-92-111)122(112-93-97-118(128)98-94-112)124(116-88-68-86-114(102-116)108-79-59-50-60-80-108)126(125)120-90-64-62-82-110(120)84-66-76-106(74-52-44-30-24-18-12-6)100-104(70-54-46-40-34-28-22-16-10-4)72-56-48-42-38-36-32-26-20-14-8-2/h49-50,57-64,67-68,77-82,85-98,101-106H,7-48,51-56,65-66,69-76,83-84,99-100H2,1-6H3. The molecular formula is C126H180Cl2. The van der Waals surface area contributed by atoms with Crippen molar-refractivity contribution < 1.29 is 0 Å². The molecular weight excluding hydrogens is 1580 g/mol. The summed E-state index contributed by atoms with van der Waals surface area (Å²) >= 11 is 14.3. The molecule has 0 nitrogen and oxygen atoms in total. The van der Waals surface area contributed by atoms with Crippen molar-refractivity contribution in [2.45, 2.75) is 440 Å². The molecule has 0 bridgehead atoms. The molecule has 0 aliphatic carbocycles. The molecule has 4 unspecified atom stereocenters. The molecule has 0 spiro atoms.